The normalized spacial score (nSPS) is 21.3. The molecule has 1 aromatic carbocycles. The van der Waals surface area contributed by atoms with Gasteiger partial charge in [0.2, 0.25) is 0 Å². The molecule has 1 atom stereocenters. The van der Waals surface area contributed by atoms with Crippen LogP contribution < -0.4 is 5.32 Å². The highest BCUT2D eigenvalue weighted by Gasteiger charge is 2.41. The zero-order chi connectivity index (χ0) is 12.6. The van der Waals surface area contributed by atoms with E-state index in [-0.39, 0.29) is 5.56 Å². The number of fused-ring (bicyclic) bond motifs is 1. The van der Waals surface area contributed by atoms with Crippen molar-refractivity contribution in [2.45, 2.75) is 31.2 Å². The minimum absolute atomic E-state index is 0.0543. The van der Waals surface area contributed by atoms with Crippen LogP contribution in [0.2, 0.25) is 0 Å². The Morgan fingerprint density at radius 3 is 2.94 bits per heavy atom. The van der Waals surface area contributed by atoms with E-state index in [2.05, 4.69) is 15.3 Å². The summed E-state index contributed by atoms with van der Waals surface area (Å²) < 4.78 is 28.8. The van der Waals surface area contributed by atoms with Crippen LogP contribution in [0.3, 0.4) is 0 Å². The standard InChI is InChI=1S/C13H15F2N3/c14-13(15,12-3-1-2-6-16-12)9-4-5-10-11(7-9)18-8-17-10/h4-5,7-8,12,16H,1-3,6H2,(H,17,18). The van der Waals surface area contributed by atoms with Gasteiger partial charge in [-0.05, 0) is 31.5 Å². The van der Waals surface area contributed by atoms with Gasteiger partial charge >= 0.3 is 0 Å². The smallest absolute Gasteiger partial charge is 0.288 e. The van der Waals surface area contributed by atoms with Gasteiger partial charge in [-0.1, -0.05) is 12.5 Å². The van der Waals surface area contributed by atoms with Gasteiger partial charge in [-0.25, -0.2) is 4.98 Å². The Hall–Kier alpha value is -1.49. The van der Waals surface area contributed by atoms with Gasteiger partial charge in [0.1, 0.15) is 0 Å². The van der Waals surface area contributed by atoms with E-state index in [1.54, 1.807) is 6.07 Å². The Labute approximate surface area is 104 Å². The highest BCUT2D eigenvalue weighted by molar-refractivity contribution is 5.75. The molecule has 1 aromatic heterocycles. The van der Waals surface area contributed by atoms with Gasteiger partial charge in [0.05, 0.1) is 23.4 Å². The number of aromatic amines is 1. The largest absolute Gasteiger partial charge is 0.345 e. The molecule has 0 spiro atoms. The van der Waals surface area contributed by atoms with Crippen LogP contribution in [0.4, 0.5) is 8.78 Å². The fourth-order valence-corrected chi connectivity index (χ4v) is 2.51. The second-order valence-corrected chi connectivity index (χ2v) is 4.76. The van der Waals surface area contributed by atoms with E-state index >= 15 is 0 Å². The number of aromatic nitrogens is 2. The molecule has 1 unspecified atom stereocenters. The predicted octanol–water partition coefficient (Wildman–Crippen LogP) is 2.80. The van der Waals surface area contributed by atoms with Gasteiger partial charge in [-0.3, -0.25) is 0 Å². The lowest BCUT2D eigenvalue weighted by Gasteiger charge is -2.31. The third kappa shape index (κ3) is 1.88. The zero-order valence-corrected chi connectivity index (χ0v) is 9.92. The molecule has 0 amide bonds. The first-order chi connectivity index (χ1) is 8.68. The number of nitrogens with one attached hydrogen (secondary N) is 2. The molecule has 3 rings (SSSR count). The van der Waals surface area contributed by atoms with Crippen LogP contribution in [0.1, 0.15) is 24.8 Å². The number of rotatable bonds is 2. The summed E-state index contributed by atoms with van der Waals surface area (Å²) in [5, 5.41) is 2.92. The molecule has 0 aliphatic carbocycles. The average Bonchev–Trinajstić information content (AvgIpc) is 2.87. The molecule has 5 heteroatoms. The zero-order valence-electron chi connectivity index (χ0n) is 9.92. The maximum absolute atomic E-state index is 14.4. The molecule has 96 valence electrons. The van der Waals surface area contributed by atoms with Crippen LogP contribution >= 0.6 is 0 Å². The Bertz CT molecular complexity index is 544. The highest BCUT2D eigenvalue weighted by atomic mass is 19.3. The summed E-state index contributed by atoms with van der Waals surface area (Å²) >= 11 is 0. The quantitative estimate of drug-likeness (QED) is 0.861. The van der Waals surface area contributed by atoms with Crippen LogP contribution in [-0.4, -0.2) is 22.6 Å². The van der Waals surface area contributed by atoms with Gasteiger partial charge in [-0.2, -0.15) is 8.78 Å². The van der Waals surface area contributed by atoms with Crippen LogP contribution in [0.5, 0.6) is 0 Å². The van der Waals surface area contributed by atoms with E-state index < -0.39 is 12.0 Å². The lowest BCUT2D eigenvalue weighted by Crippen LogP contribution is -2.45. The topological polar surface area (TPSA) is 40.7 Å². The van der Waals surface area contributed by atoms with Crippen LogP contribution in [0, 0.1) is 0 Å². The minimum atomic E-state index is -2.83. The molecule has 1 aliphatic rings. The summed E-state index contributed by atoms with van der Waals surface area (Å²) in [4.78, 5) is 6.91. The van der Waals surface area contributed by atoms with Crippen molar-refractivity contribution in [1.29, 1.82) is 0 Å². The van der Waals surface area contributed by atoms with Crippen LogP contribution in [0.25, 0.3) is 11.0 Å². The molecular formula is C13H15F2N3. The molecule has 1 fully saturated rings. The third-order valence-electron chi connectivity index (χ3n) is 3.55. The third-order valence-corrected chi connectivity index (χ3v) is 3.55. The highest BCUT2D eigenvalue weighted by Crippen LogP contribution is 2.36. The van der Waals surface area contributed by atoms with Crippen molar-refractivity contribution in [2.24, 2.45) is 0 Å². The second-order valence-electron chi connectivity index (χ2n) is 4.76. The number of hydrogen-bond donors (Lipinski definition) is 2. The molecule has 18 heavy (non-hydrogen) atoms. The first kappa shape index (κ1) is 11.6. The Morgan fingerprint density at radius 2 is 2.17 bits per heavy atom. The van der Waals surface area contributed by atoms with Crippen LogP contribution in [0.15, 0.2) is 24.5 Å². The van der Waals surface area contributed by atoms with Gasteiger partial charge < -0.3 is 10.3 Å². The molecule has 3 nitrogen and oxygen atoms in total. The minimum Gasteiger partial charge on any atom is -0.345 e. The monoisotopic (exact) mass is 251 g/mol. The average molecular weight is 251 g/mol. The molecule has 2 heterocycles. The molecule has 2 N–H and O–H groups in total. The van der Waals surface area contributed by atoms with Gasteiger partial charge in [-0.15, -0.1) is 0 Å². The first-order valence-corrected chi connectivity index (χ1v) is 6.23. The van der Waals surface area contributed by atoms with Gasteiger partial charge in [0, 0.05) is 5.56 Å². The summed E-state index contributed by atoms with van der Waals surface area (Å²) in [5.74, 6) is -2.83. The fraction of sp³-hybridized carbons (Fsp3) is 0.462. The summed E-state index contributed by atoms with van der Waals surface area (Å²) in [6, 6.07) is 3.85. The van der Waals surface area contributed by atoms with Crippen molar-refractivity contribution in [3.05, 3.63) is 30.1 Å². The fourth-order valence-electron chi connectivity index (χ4n) is 2.51. The summed E-state index contributed by atoms with van der Waals surface area (Å²) in [6.07, 6.45) is 3.88. The van der Waals surface area contributed by atoms with Gasteiger partial charge in [0.25, 0.3) is 5.92 Å². The molecule has 0 radical (unpaired) electrons. The summed E-state index contributed by atoms with van der Waals surface area (Å²) in [5.41, 5.74) is 1.42. The maximum Gasteiger partial charge on any atom is 0.288 e. The predicted molar refractivity (Wildman–Crippen MR) is 65.6 cm³/mol. The Balaban J connectivity index is 1.95. The molecule has 2 aromatic rings. The van der Waals surface area contributed by atoms with E-state index in [9.17, 15) is 8.78 Å². The molecule has 0 bridgehead atoms. The lowest BCUT2D eigenvalue weighted by atomic mass is 9.94. The van der Waals surface area contributed by atoms with Crippen molar-refractivity contribution >= 4 is 11.0 Å². The molecule has 0 saturated carbocycles. The number of H-pyrrole nitrogens is 1. The molecule has 1 aliphatic heterocycles. The number of nitrogens with zero attached hydrogens (tertiary/aromatic N) is 1. The first-order valence-electron chi connectivity index (χ1n) is 6.23. The van der Waals surface area contributed by atoms with Crippen molar-refractivity contribution in [2.75, 3.05) is 6.54 Å². The van der Waals surface area contributed by atoms with E-state index in [0.717, 1.165) is 12.8 Å². The number of piperidine rings is 1. The summed E-state index contributed by atoms with van der Waals surface area (Å²) in [6.45, 7) is 0.673. The number of imidazole rings is 1. The summed E-state index contributed by atoms with van der Waals surface area (Å²) in [7, 11) is 0. The van der Waals surface area contributed by atoms with E-state index in [4.69, 9.17) is 0 Å². The number of alkyl halides is 2. The Morgan fingerprint density at radius 1 is 1.28 bits per heavy atom. The van der Waals surface area contributed by atoms with Gasteiger partial charge in [0.15, 0.2) is 0 Å². The lowest BCUT2D eigenvalue weighted by molar-refractivity contribution is -0.0511. The Kier molecular flexibility index (Phi) is 2.78. The molecule has 1 saturated heterocycles. The number of hydrogen-bond acceptors (Lipinski definition) is 2. The van der Waals surface area contributed by atoms with Crippen molar-refractivity contribution < 1.29 is 8.78 Å². The van der Waals surface area contributed by atoms with E-state index in [0.29, 0.717) is 24.0 Å². The second kappa shape index (κ2) is 4.31. The SMILES string of the molecule is FC(F)(c1ccc2nc[nH]c2c1)C1CCCCN1. The van der Waals surface area contributed by atoms with E-state index in [1.165, 1.54) is 18.5 Å². The number of halogens is 2. The van der Waals surface area contributed by atoms with Crippen molar-refractivity contribution in [1.82, 2.24) is 15.3 Å². The number of benzene rings is 1. The van der Waals surface area contributed by atoms with Crippen molar-refractivity contribution in [3.63, 3.8) is 0 Å². The van der Waals surface area contributed by atoms with Crippen molar-refractivity contribution in [3.8, 4) is 0 Å². The van der Waals surface area contributed by atoms with E-state index in [1.807, 2.05) is 0 Å². The molecular weight excluding hydrogens is 236 g/mol. The van der Waals surface area contributed by atoms with Crippen LogP contribution in [-0.2, 0) is 5.92 Å². The maximum atomic E-state index is 14.4.